The van der Waals surface area contributed by atoms with Gasteiger partial charge in [-0.25, -0.2) is 4.98 Å². The molecule has 0 radical (unpaired) electrons. The number of imidazole rings is 1. The third-order valence-corrected chi connectivity index (χ3v) is 4.00. The molecule has 1 aromatic carbocycles. The fourth-order valence-electron chi connectivity index (χ4n) is 2.85. The second kappa shape index (κ2) is 6.40. The predicted molar refractivity (Wildman–Crippen MR) is 83.9 cm³/mol. The van der Waals surface area contributed by atoms with Crippen molar-refractivity contribution in [2.45, 2.75) is 31.5 Å². The number of anilines is 1. The number of halogens is 3. The Bertz CT molecular complexity index is 785. The lowest BCUT2D eigenvalue weighted by molar-refractivity contribution is -0.137. The Labute approximate surface area is 137 Å². The van der Waals surface area contributed by atoms with E-state index in [2.05, 4.69) is 16.4 Å². The van der Waals surface area contributed by atoms with Crippen LogP contribution in [0.5, 0.6) is 0 Å². The van der Waals surface area contributed by atoms with Crippen molar-refractivity contribution in [1.29, 1.82) is 5.26 Å². The first-order valence-electron chi connectivity index (χ1n) is 7.52. The molecular formula is C17H15F3N4. The average Bonchev–Trinajstić information content (AvgIpc) is 3.09. The molecule has 0 aliphatic heterocycles. The first-order chi connectivity index (χ1) is 11.5. The normalized spacial score (nSPS) is 17.9. The molecule has 1 aliphatic rings. The summed E-state index contributed by atoms with van der Waals surface area (Å²) in [4.78, 5) is 4.01. The number of benzene rings is 1. The minimum Gasteiger partial charge on any atom is -0.382 e. The van der Waals surface area contributed by atoms with Gasteiger partial charge >= 0.3 is 6.18 Å². The van der Waals surface area contributed by atoms with Crippen LogP contribution in [0.15, 0.2) is 43.0 Å². The monoisotopic (exact) mass is 332 g/mol. The van der Waals surface area contributed by atoms with E-state index in [1.807, 2.05) is 10.8 Å². The quantitative estimate of drug-likeness (QED) is 0.913. The van der Waals surface area contributed by atoms with Crippen LogP contribution >= 0.6 is 0 Å². The maximum Gasteiger partial charge on any atom is 0.417 e. The Morgan fingerprint density at radius 3 is 2.83 bits per heavy atom. The van der Waals surface area contributed by atoms with Crippen LogP contribution in [0.1, 0.15) is 30.4 Å². The van der Waals surface area contributed by atoms with Gasteiger partial charge in [0.1, 0.15) is 0 Å². The summed E-state index contributed by atoms with van der Waals surface area (Å²) in [6.07, 6.45) is 5.17. The first-order valence-corrected chi connectivity index (χ1v) is 7.52. The molecule has 1 atom stereocenters. The van der Waals surface area contributed by atoms with E-state index in [1.165, 1.54) is 12.1 Å². The average molecular weight is 332 g/mol. The fourth-order valence-corrected chi connectivity index (χ4v) is 2.85. The van der Waals surface area contributed by atoms with Crippen molar-refractivity contribution in [3.63, 3.8) is 0 Å². The molecule has 1 unspecified atom stereocenters. The maximum absolute atomic E-state index is 13.0. The van der Waals surface area contributed by atoms with Crippen LogP contribution in [0.3, 0.4) is 0 Å². The van der Waals surface area contributed by atoms with Gasteiger partial charge in [0, 0.05) is 36.2 Å². The molecule has 2 aromatic rings. The van der Waals surface area contributed by atoms with E-state index in [4.69, 9.17) is 5.26 Å². The Morgan fingerprint density at radius 2 is 2.17 bits per heavy atom. The van der Waals surface area contributed by atoms with Crippen LogP contribution in [0.2, 0.25) is 0 Å². The zero-order valence-corrected chi connectivity index (χ0v) is 12.7. The van der Waals surface area contributed by atoms with Gasteiger partial charge in [0.25, 0.3) is 0 Å². The van der Waals surface area contributed by atoms with Crippen LogP contribution < -0.4 is 5.32 Å². The van der Waals surface area contributed by atoms with E-state index < -0.39 is 11.7 Å². The number of alkyl halides is 3. The Kier molecular flexibility index (Phi) is 4.30. The lowest BCUT2D eigenvalue weighted by Crippen LogP contribution is -2.23. The fraction of sp³-hybridized carbons (Fsp3) is 0.294. The molecular weight excluding hydrogens is 317 g/mol. The molecule has 0 fully saturated rings. The molecule has 0 amide bonds. The molecule has 1 aromatic heterocycles. The van der Waals surface area contributed by atoms with Crippen LogP contribution in [0, 0.1) is 11.3 Å². The highest BCUT2D eigenvalue weighted by Gasteiger charge is 2.34. The van der Waals surface area contributed by atoms with Crippen molar-refractivity contribution < 1.29 is 13.2 Å². The first kappa shape index (κ1) is 16.1. The maximum atomic E-state index is 13.0. The summed E-state index contributed by atoms with van der Waals surface area (Å²) in [6, 6.07) is 5.35. The van der Waals surface area contributed by atoms with Gasteiger partial charge < -0.3 is 9.88 Å². The van der Waals surface area contributed by atoms with Gasteiger partial charge in [-0.15, -0.1) is 0 Å². The standard InChI is InChI=1S/C17H15F3N4/c18-17(19,20)16-9-14(5-4-12(16)10-21)23-13-2-1-3-15(8-13)24-7-6-22-11-24/h3-7,9,11,13,23H,1-2,8H2. The number of hydrogen-bond donors (Lipinski definition) is 1. The molecule has 1 heterocycles. The van der Waals surface area contributed by atoms with Crippen molar-refractivity contribution in [2.75, 3.05) is 5.32 Å². The van der Waals surface area contributed by atoms with E-state index in [1.54, 1.807) is 18.6 Å². The molecule has 0 saturated heterocycles. The highest BCUT2D eigenvalue weighted by molar-refractivity contribution is 5.55. The summed E-state index contributed by atoms with van der Waals surface area (Å²) < 4.78 is 41.0. The molecule has 4 nitrogen and oxygen atoms in total. The Balaban J connectivity index is 1.77. The van der Waals surface area contributed by atoms with Crippen molar-refractivity contribution in [2.24, 2.45) is 0 Å². The second-order valence-electron chi connectivity index (χ2n) is 5.66. The van der Waals surface area contributed by atoms with Crippen LogP contribution in [0.4, 0.5) is 18.9 Å². The van der Waals surface area contributed by atoms with Gasteiger partial charge in [-0.05, 0) is 31.0 Å². The number of nitrogens with zero attached hydrogens (tertiary/aromatic N) is 3. The molecule has 24 heavy (non-hydrogen) atoms. The smallest absolute Gasteiger partial charge is 0.382 e. The van der Waals surface area contributed by atoms with Gasteiger partial charge in [0.15, 0.2) is 0 Å². The molecule has 7 heteroatoms. The van der Waals surface area contributed by atoms with Crippen molar-refractivity contribution in [3.8, 4) is 6.07 Å². The van der Waals surface area contributed by atoms with Gasteiger partial charge in [-0.1, -0.05) is 6.08 Å². The van der Waals surface area contributed by atoms with Crippen LogP contribution in [-0.2, 0) is 6.18 Å². The lowest BCUT2D eigenvalue weighted by atomic mass is 9.98. The number of nitrogens with one attached hydrogen (secondary N) is 1. The van der Waals surface area contributed by atoms with E-state index in [0.717, 1.165) is 24.6 Å². The number of allylic oxidation sites excluding steroid dienone is 1. The lowest BCUT2D eigenvalue weighted by Gasteiger charge is -2.25. The summed E-state index contributed by atoms with van der Waals surface area (Å²) in [5.41, 5.74) is 0.172. The van der Waals surface area contributed by atoms with E-state index in [0.29, 0.717) is 12.1 Å². The predicted octanol–water partition coefficient (Wildman–Crippen LogP) is 4.28. The molecule has 0 saturated carbocycles. The minimum atomic E-state index is -4.54. The van der Waals surface area contributed by atoms with E-state index >= 15 is 0 Å². The Hall–Kier alpha value is -2.75. The van der Waals surface area contributed by atoms with Crippen LogP contribution in [0.25, 0.3) is 5.70 Å². The highest BCUT2D eigenvalue weighted by atomic mass is 19.4. The van der Waals surface area contributed by atoms with Crippen molar-refractivity contribution in [3.05, 3.63) is 54.1 Å². The SMILES string of the molecule is N#Cc1ccc(NC2CCC=C(n3ccnc3)C2)cc1C(F)(F)F. The van der Waals surface area contributed by atoms with Gasteiger partial charge in [0.2, 0.25) is 0 Å². The minimum absolute atomic E-state index is 0.0291. The zero-order chi connectivity index (χ0) is 17.2. The highest BCUT2D eigenvalue weighted by Crippen LogP contribution is 2.34. The second-order valence-corrected chi connectivity index (χ2v) is 5.66. The third-order valence-electron chi connectivity index (χ3n) is 4.00. The van der Waals surface area contributed by atoms with Crippen molar-refractivity contribution >= 4 is 11.4 Å². The summed E-state index contributed by atoms with van der Waals surface area (Å²) >= 11 is 0. The van der Waals surface area contributed by atoms with Gasteiger partial charge in [-0.3, -0.25) is 0 Å². The topological polar surface area (TPSA) is 53.6 Å². The molecule has 1 N–H and O–H groups in total. The third kappa shape index (κ3) is 3.43. The summed E-state index contributed by atoms with van der Waals surface area (Å²) in [5, 5.41) is 12.0. The number of rotatable bonds is 3. The van der Waals surface area contributed by atoms with Crippen molar-refractivity contribution in [1.82, 2.24) is 9.55 Å². The number of aromatic nitrogens is 2. The van der Waals surface area contributed by atoms with Gasteiger partial charge in [-0.2, -0.15) is 18.4 Å². The summed E-state index contributed by atoms with van der Waals surface area (Å²) in [7, 11) is 0. The molecule has 0 spiro atoms. The largest absolute Gasteiger partial charge is 0.417 e. The summed E-state index contributed by atoms with van der Waals surface area (Å²) in [6.45, 7) is 0. The molecule has 1 aliphatic carbocycles. The summed E-state index contributed by atoms with van der Waals surface area (Å²) in [5.74, 6) is 0. The number of hydrogen-bond acceptors (Lipinski definition) is 3. The van der Waals surface area contributed by atoms with E-state index in [-0.39, 0.29) is 11.6 Å². The number of nitriles is 1. The molecule has 0 bridgehead atoms. The zero-order valence-electron chi connectivity index (χ0n) is 12.7. The molecule has 124 valence electrons. The molecule has 3 rings (SSSR count). The Morgan fingerprint density at radius 1 is 1.33 bits per heavy atom. The van der Waals surface area contributed by atoms with Gasteiger partial charge in [0.05, 0.1) is 23.5 Å². The van der Waals surface area contributed by atoms with E-state index in [9.17, 15) is 13.2 Å². The van der Waals surface area contributed by atoms with Crippen LogP contribution in [-0.4, -0.2) is 15.6 Å².